The van der Waals surface area contributed by atoms with Gasteiger partial charge < -0.3 is 9.64 Å². The van der Waals surface area contributed by atoms with Crippen LogP contribution in [0.3, 0.4) is 0 Å². The lowest BCUT2D eigenvalue weighted by molar-refractivity contribution is 0.0795. The quantitative estimate of drug-likeness (QED) is 0.383. The fourth-order valence-electron chi connectivity index (χ4n) is 3.48. The number of amides is 1. The Kier molecular flexibility index (Phi) is 6.16. The van der Waals surface area contributed by atoms with Crippen LogP contribution in [0.1, 0.15) is 33.5 Å². The second-order valence-corrected chi connectivity index (χ2v) is 7.48. The number of ether oxygens (including phenoxy) is 1. The summed E-state index contributed by atoms with van der Waals surface area (Å²) in [5.74, 6) is 0.303. The largest absolute Gasteiger partial charge is 0.463 e. The zero-order valence-electron chi connectivity index (χ0n) is 18.5. The Morgan fingerprint density at radius 1 is 1.21 bits per heavy atom. The van der Waals surface area contributed by atoms with Gasteiger partial charge in [-0.3, -0.25) is 18.7 Å². The number of carbonyl (C=O) groups is 2. The van der Waals surface area contributed by atoms with Crippen molar-refractivity contribution in [1.29, 1.82) is 0 Å². The molecule has 3 aromatic heterocycles. The average Bonchev–Trinajstić information content (AvgIpc) is 3.41. The molecule has 0 aliphatic carbocycles. The van der Waals surface area contributed by atoms with Crippen LogP contribution in [0.5, 0.6) is 5.75 Å². The molecule has 0 saturated carbocycles. The summed E-state index contributed by atoms with van der Waals surface area (Å²) in [6.45, 7) is 1.47. The van der Waals surface area contributed by atoms with E-state index in [9.17, 15) is 14.0 Å². The van der Waals surface area contributed by atoms with Crippen LogP contribution in [-0.2, 0) is 13.5 Å². The molecule has 0 radical (unpaired) electrons. The van der Waals surface area contributed by atoms with Crippen LogP contribution in [0.25, 0.3) is 17.0 Å². The molecule has 170 valence electrons. The number of hydrogen-bond donors (Lipinski definition) is 0. The molecular weight excluding hydrogens is 427 g/mol. The van der Waals surface area contributed by atoms with Gasteiger partial charge in [0, 0.05) is 38.6 Å². The molecule has 4 aromatic rings. The van der Waals surface area contributed by atoms with E-state index < -0.39 is 6.86 Å². The van der Waals surface area contributed by atoms with Crippen molar-refractivity contribution in [3.8, 4) is 17.0 Å². The molecule has 0 aliphatic rings. The van der Waals surface area contributed by atoms with Crippen LogP contribution in [0.15, 0.2) is 48.9 Å². The molecule has 9 nitrogen and oxygen atoms in total. The normalized spacial score (nSPS) is 11.0. The number of benzene rings is 1. The molecule has 0 aliphatic heterocycles. The number of aryl methyl sites for hydroxylation is 1. The van der Waals surface area contributed by atoms with Crippen LogP contribution in [0, 0.1) is 0 Å². The summed E-state index contributed by atoms with van der Waals surface area (Å²) in [4.78, 5) is 36.2. The minimum absolute atomic E-state index is 0.00578. The third kappa shape index (κ3) is 4.45. The Balaban J connectivity index is 1.60. The maximum absolute atomic E-state index is 13.1. The van der Waals surface area contributed by atoms with Gasteiger partial charge in [0.1, 0.15) is 11.4 Å². The minimum atomic E-state index is -0.910. The molecule has 4 rings (SSSR count). The first-order valence-electron chi connectivity index (χ1n) is 10.4. The maximum atomic E-state index is 13.1. The molecule has 0 bridgehead atoms. The van der Waals surface area contributed by atoms with Gasteiger partial charge in [-0.2, -0.15) is 5.10 Å². The zero-order valence-corrected chi connectivity index (χ0v) is 18.5. The number of nitrogens with zero attached hydrogens (tertiary/aromatic N) is 6. The monoisotopic (exact) mass is 450 g/mol. The molecule has 1 amide bonds. The Labute approximate surface area is 189 Å². The molecule has 0 unspecified atom stereocenters. The van der Waals surface area contributed by atoms with E-state index in [-0.39, 0.29) is 29.4 Å². The van der Waals surface area contributed by atoms with Gasteiger partial charge in [-0.15, -0.1) is 0 Å². The number of carbonyl (C=O) groups excluding carboxylic acids is 2. The van der Waals surface area contributed by atoms with Crippen LogP contribution < -0.4 is 4.74 Å². The summed E-state index contributed by atoms with van der Waals surface area (Å²) in [5, 5.41) is 4.10. The highest BCUT2D eigenvalue weighted by atomic mass is 19.1. The summed E-state index contributed by atoms with van der Waals surface area (Å²) in [6.07, 6.45) is 4.97. The van der Waals surface area contributed by atoms with Crippen molar-refractivity contribution in [2.75, 3.05) is 20.5 Å². The fourth-order valence-corrected chi connectivity index (χ4v) is 3.48. The number of aromatic nitrogens is 5. The number of alkyl halides is 1. The molecule has 0 atom stereocenters. The maximum Gasteiger partial charge on any atom is 0.257 e. The lowest BCUT2D eigenvalue weighted by Gasteiger charge is -2.14. The van der Waals surface area contributed by atoms with Crippen LogP contribution in [-0.4, -0.2) is 61.2 Å². The highest BCUT2D eigenvalue weighted by Crippen LogP contribution is 2.23. The summed E-state index contributed by atoms with van der Waals surface area (Å²) >= 11 is 0. The van der Waals surface area contributed by atoms with Crippen molar-refractivity contribution in [3.63, 3.8) is 0 Å². The number of halogens is 1. The second kappa shape index (κ2) is 9.19. The number of rotatable bonds is 8. The van der Waals surface area contributed by atoms with E-state index in [1.165, 1.54) is 15.8 Å². The lowest BCUT2D eigenvalue weighted by atomic mass is 10.1. The van der Waals surface area contributed by atoms with E-state index in [2.05, 4.69) is 15.1 Å². The second-order valence-electron chi connectivity index (χ2n) is 7.48. The third-order valence-electron chi connectivity index (χ3n) is 5.33. The molecule has 0 spiro atoms. The lowest BCUT2D eigenvalue weighted by Crippen LogP contribution is -2.28. The Morgan fingerprint density at radius 2 is 2.03 bits per heavy atom. The van der Waals surface area contributed by atoms with E-state index in [0.717, 1.165) is 5.56 Å². The molecule has 0 N–H and O–H groups in total. The van der Waals surface area contributed by atoms with Crippen LogP contribution in [0.2, 0.25) is 0 Å². The highest BCUT2D eigenvalue weighted by molar-refractivity contribution is 6.07. The number of imidazole rings is 1. The predicted molar refractivity (Wildman–Crippen MR) is 119 cm³/mol. The van der Waals surface area contributed by atoms with E-state index in [0.29, 0.717) is 29.5 Å². The van der Waals surface area contributed by atoms with Gasteiger partial charge in [-0.1, -0.05) is 12.1 Å². The standard InChI is InChI=1S/C23H23FN6O3/c1-4-28(2)22(32)18-12-25-29(3)21(18)20(31)11-16-8-9-30-13-19(27-23(30)26-16)15-6-5-7-17(10-15)33-14-24/h5-10,12-13H,4,11,14H2,1-3H3. The van der Waals surface area contributed by atoms with Crippen molar-refractivity contribution < 1.29 is 18.7 Å². The molecule has 3 heterocycles. The van der Waals surface area contributed by atoms with Gasteiger partial charge >= 0.3 is 0 Å². The van der Waals surface area contributed by atoms with E-state index >= 15 is 0 Å². The summed E-state index contributed by atoms with van der Waals surface area (Å²) < 4.78 is 20.5. The van der Waals surface area contributed by atoms with E-state index in [1.54, 1.807) is 55.2 Å². The van der Waals surface area contributed by atoms with Crippen LogP contribution >= 0.6 is 0 Å². The summed E-state index contributed by atoms with van der Waals surface area (Å²) in [5.41, 5.74) is 2.42. The van der Waals surface area contributed by atoms with Crippen molar-refractivity contribution >= 4 is 17.5 Å². The van der Waals surface area contributed by atoms with Crippen LogP contribution in [0.4, 0.5) is 4.39 Å². The van der Waals surface area contributed by atoms with Gasteiger partial charge in [0.05, 0.1) is 29.6 Å². The molecule has 0 fully saturated rings. The van der Waals surface area contributed by atoms with E-state index in [4.69, 9.17) is 4.74 Å². The van der Waals surface area contributed by atoms with Crippen molar-refractivity contribution in [2.24, 2.45) is 7.05 Å². The number of fused-ring (bicyclic) bond motifs is 1. The third-order valence-corrected chi connectivity index (χ3v) is 5.33. The molecule has 10 heteroatoms. The predicted octanol–water partition coefficient (Wildman–Crippen LogP) is 2.95. The molecule has 33 heavy (non-hydrogen) atoms. The van der Waals surface area contributed by atoms with Gasteiger partial charge in [0.25, 0.3) is 5.91 Å². The Bertz CT molecular complexity index is 1330. The SMILES string of the molecule is CCN(C)C(=O)c1cnn(C)c1C(=O)Cc1ccn2cc(-c3cccc(OCF)c3)nc2n1. The van der Waals surface area contributed by atoms with Crippen molar-refractivity contribution in [1.82, 2.24) is 29.0 Å². The first-order valence-corrected chi connectivity index (χ1v) is 10.4. The Hall–Kier alpha value is -4.08. The topological polar surface area (TPSA) is 94.6 Å². The van der Waals surface area contributed by atoms with Gasteiger partial charge in [-0.05, 0) is 25.1 Å². The smallest absolute Gasteiger partial charge is 0.257 e. The molecule has 1 aromatic carbocycles. The molecular formula is C23H23FN6O3. The Morgan fingerprint density at radius 3 is 2.79 bits per heavy atom. The molecule has 0 saturated heterocycles. The first-order chi connectivity index (χ1) is 15.9. The van der Waals surface area contributed by atoms with Crippen molar-refractivity contribution in [2.45, 2.75) is 13.3 Å². The van der Waals surface area contributed by atoms with Gasteiger partial charge in [-0.25, -0.2) is 14.4 Å². The number of hydrogen-bond acceptors (Lipinski definition) is 6. The minimum Gasteiger partial charge on any atom is -0.463 e. The highest BCUT2D eigenvalue weighted by Gasteiger charge is 2.24. The number of ketones is 1. The van der Waals surface area contributed by atoms with Gasteiger partial charge in [0.15, 0.2) is 5.78 Å². The zero-order chi connectivity index (χ0) is 23.5. The van der Waals surface area contributed by atoms with E-state index in [1.807, 2.05) is 13.0 Å². The summed E-state index contributed by atoms with van der Waals surface area (Å²) in [6, 6.07) is 8.68. The first kappa shape index (κ1) is 22.1. The van der Waals surface area contributed by atoms with Crippen molar-refractivity contribution in [3.05, 3.63) is 65.9 Å². The number of Topliss-reactive ketones (excluding diaryl/α,β-unsaturated/α-hetero) is 1. The fraction of sp³-hybridized carbons (Fsp3) is 0.261. The van der Waals surface area contributed by atoms with Gasteiger partial charge in [0.2, 0.25) is 12.6 Å². The average molecular weight is 450 g/mol. The summed E-state index contributed by atoms with van der Waals surface area (Å²) in [7, 11) is 3.31.